The fraction of sp³-hybridized carbons (Fsp3) is 0.400. The van der Waals surface area contributed by atoms with Crippen LogP contribution in [0.1, 0.15) is 18.3 Å². The number of hydrogen-bond acceptors (Lipinski definition) is 5. The minimum Gasteiger partial charge on any atom is -0.493 e. The van der Waals surface area contributed by atoms with Crippen LogP contribution in [0, 0.1) is 13.8 Å². The normalized spacial score (nSPS) is 11.3. The highest BCUT2D eigenvalue weighted by Gasteiger charge is 2.21. The Balaban J connectivity index is 2.42. The topological polar surface area (TPSA) is 82.5 Å². The summed E-state index contributed by atoms with van der Waals surface area (Å²) in [5.74, 6) is 0.825. The van der Waals surface area contributed by atoms with Crippen LogP contribution in [-0.4, -0.2) is 32.4 Å². The van der Waals surface area contributed by atoms with E-state index in [4.69, 9.17) is 9.47 Å². The Kier molecular flexibility index (Phi) is 4.84. The molecular formula is C15H21N3O4S. The van der Waals surface area contributed by atoms with Crippen molar-refractivity contribution in [1.29, 1.82) is 0 Å². The first kappa shape index (κ1) is 17.1. The summed E-state index contributed by atoms with van der Waals surface area (Å²) >= 11 is 0. The molecule has 0 atom stereocenters. The molecule has 0 unspecified atom stereocenters. The lowest BCUT2D eigenvalue weighted by atomic mass is 10.3. The molecule has 0 amide bonds. The first-order valence-corrected chi connectivity index (χ1v) is 8.61. The lowest BCUT2D eigenvalue weighted by molar-refractivity contribution is 0.354. The van der Waals surface area contributed by atoms with E-state index in [1.807, 2.05) is 13.8 Å². The number of rotatable bonds is 6. The standard InChI is InChI=1S/C15H21N3O4S/c1-6-18-11(3)15(10(2)16-18)17-23(19,20)12-7-8-13(21-4)14(9-12)22-5/h7-9,17H,6H2,1-5H3. The molecule has 7 nitrogen and oxygen atoms in total. The number of aryl methyl sites for hydroxylation is 2. The molecular weight excluding hydrogens is 318 g/mol. The lowest BCUT2D eigenvalue weighted by Gasteiger charge is -2.12. The predicted octanol–water partition coefficient (Wildman–Crippen LogP) is 2.34. The third-order valence-electron chi connectivity index (χ3n) is 3.58. The van der Waals surface area contributed by atoms with Crippen LogP contribution in [0.2, 0.25) is 0 Å². The third-order valence-corrected chi connectivity index (χ3v) is 4.93. The zero-order chi connectivity index (χ0) is 17.2. The average molecular weight is 339 g/mol. The Bertz CT molecular complexity index is 812. The maximum atomic E-state index is 12.6. The van der Waals surface area contributed by atoms with E-state index in [2.05, 4.69) is 9.82 Å². The van der Waals surface area contributed by atoms with Gasteiger partial charge in [-0.1, -0.05) is 0 Å². The van der Waals surface area contributed by atoms with Crippen molar-refractivity contribution < 1.29 is 17.9 Å². The summed E-state index contributed by atoms with van der Waals surface area (Å²) in [4.78, 5) is 0.0956. The van der Waals surface area contributed by atoms with Crippen molar-refractivity contribution in [2.75, 3.05) is 18.9 Å². The second kappa shape index (κ2) is 6.49. The molecule has 8 heteroatoms. The van der Waals surface area contributed by atoms with E-state index in [1.54, 1.807) is 17.7 Å². The number of anilines is 1. The van der Waals surface area contributed by atoms with Crippen LogP contribution in [0.25, 0.3) is 0 Å². The molecule has 23 heavy (non-hydrogen) atoms. The molecule has 2 aromatic rings. The third kappa shape index (κ3) is 3.26. The predicted molar refractivity (Wildman–Crippen MR) is 87.7 cm³/mol. The first-order chi connectivity index (χ1) is 10.8. The number of aromatic nitrogens is 2. The van der Waals surface area contributed by atoms with E-state index in [0.717, 1.165) is 5.69 Å². The Hall–Kier alpha value is -2.22. The molecule has 0 spiro atoms. The molecule has 126 valence electrons. The van der Waals surface area contributed by atoms with Crippen molar-refractivity contribution in [2.24, 2.45) is 0 Å². The van der Waals surface area contributed by atoms with Crippen molar-refractivity contribution in [3.05, 3.63) is 29.6 Å². The summed E-state index contributed by atoms with van der Waals surface area (Å²) in [5, 5.41) is 4.31. The van der Waals surface area contributed by atoms with Crippen LogP contribution in [0.15, 0.2) is 23.1 Å². The Morgan fingerprint density at radius 3 is 2.35 bits per heavy atom. The molecule has 0 saturated carbocycles. The van der Waals surface area contributed by atoms with Gasteiger partial charge in [0.15, 0.2) is 11.5 Å². The van der Waals surface area contributed by atoms with Gasteiger partial charge in [0.05, 0.1) is 36.2 Å². The van der Waals surface area contributed by atoms with Gasteiger partial charge in [-0.3, -0.25) is 9.40 Å². The summed E-state index contributed by atoms with van der Waals surface area (Å²) in [6.07, 6.45) is 0. The second-order valence-corrected chi connectivity index (χ2v) is 6.67. The maximum absolute atomic E-state index is 12.6. The van der Waals surface area contributed by atoms with Gasteiger partial charge in [0, 0.05) is 12.6 Å². The van der Waals surface area contributed by atoms with E-state index in [9.17, 15) is 8.42 Å². The highest BCUT2D eigenvalue weighted by atomic mass is 32.2. The zero-order valence-electron chi connectivity index (χ0n) is 13.9. The molecule has 0 aliphatic heterocycles. The molecule has 0 fully saturated rings. The van der Waals surface area contributed by atoms with Crippen molar-refractivity contribution in [1.82, 2.24) is 9.78 Å². The van der Waals surface area contributed by atoms with Gasteiger partial charge >= 0.3 is 0 Å². The van der Waals surface area contributed by atoms with E-state index < -0.39 is 10.0 Å². The Labute approximate surface area is 136 Å². The van der Waals surface area contributed by atoms with Gasteiger partial charge in [-0.15, -0.1) is 0 Å². The smallest absolute Gasteiger partial charge is 0.262 e. The molecule has 0 aliphatic rings. The second-order valence-electron chi connectivity index (χ2n) is 4.98. The quantitative estimate of drug-likeness (QED) is 0.873. The van der Waals surface area contributed by atoms with E-state index in [0.29, 0.717) is 29.4 Å². The Morgan fingerprint density at radius 2 is 1.83 bits per heavy atom. The van der Waals surface area contributed by atoms with Crippen LogP contribution >= 0.6 is 0 Å². The molecule has 0 bridgehead atoms. The molecule has 1 aromatic heterocycles. The van der Waals surface area contributed by atoms with Gasteiger partial charge in [0.1, 0.15) is 0 Å². The molecule has 1 N–H and O–H groups in total. The van der Waals surface area contributed by atoms with Crippen LogP contribution in [0.3, 0.4) is 0 Å². The molecule has 1 aromatic carbocycles. The monoisotopic (exact) mass is 339 g/mol. The molecule has 1 heterocycles. The number of sulfonamides is 1. The van der Waals surface area contributed by atoms with Crippen molar-refractivity contribution in [3.63, 3.8) is 0 Å². The summed E-state index contributed by atoms with van der Waals surface area (Å²) < 4.78 is 39.9. The molecule has 0 aliphatic carbocycles. The molecule has 0 saturated heterocycles. The van der Waals surface area contributed by atoms with Crippen LogP contribution in [-0.2, 0) is 16.6 Å². The van der Waals surface area contributed by atoms with Crippen LogP contribution < -0.4 is 14.2 Å². The van der Waals surface area contributed by atoms with Gasteiger partial charge in [0.25, 0.3) is 10.0 Å². The van der Waals surface area contributed by atoms with Crippen molar-refractivity contribution in [2.45, 2.75) is 32.2 Å². The summed E-state index contributed by atoms with van der Waals surface area (Å²) in [5.41, 5.74) is 1.91. The SMILES string of the molecule is CCn1nc(C)c(NS(=O)(=O)c2ccc(OC)c(OC)c2)c1C. The van der Waals surface area contributed by atoms with Crippen molar-refractivity contribution >= 4 is 15.7 Å². The van der Waals surface area contributed by atoms with Gasteiger partial charge in [-0.05, 0) is 32.9 Å². The van der Waals surface area contributed by atoms with Crippen LogP contribution in [0.5, 0.6) is 11.5 Å². The number of benzene rings is 1. The van der Waals surface area contributed by atoms with Gasteiger partial charge in [-0.25, -0.2) is 8.42 Å². The fourth-order valence-corrected chi connectivity index (χ4v) is 3.52. The summed E-state index contributed by atoms with van der Waals surface area (Å²) in [6.45, 7) is 6.22. The first-order valence-electron chi connectivity index (χ1n) is 7.12. The van der Waals surface area contributed by atoms with Crippen LogP contribution in [0.4, 0.5) is 5.69 Å². The number of ether oxygens (including phenoxy) is 2. The minimum atomic E-state index is -3.75. The highest BCUT2D eigenvalue weighted by molar-refractivity contribution is 7.92. The largest absolute Gasteiger partial charge is 0.493 e. The van der Waals surface area contributed by atoms with Gasteiger partial charge in [-0.2, -0.15) is 5.10 Å². The lowest BCUT2D eigenvalue weighted by Crippen LogP contribution is -2.14. The minimum absolute atomic E-state index is 0.0956. The number of hydrogen-bond donors (Lipinski definition) is 1. The summed E-state index contributed by atoms with van der Waals surface area (Å²) in [6, 6.07) is 4.46. The van der Waals surface area contributed by atoms with E-state index in [-0.39, 0.29) is 4.90 Å². The maximum Gasteiger partial charge on any atom is 0.262 e. The highest BCUT2D eigenvalue weighted by Crippen LogP contribution is 2.31. The number of nitrogens with one attached hydrogen (secondary N) is 1. The van der Waals surface area contributed by atoms with E-state index >= 15 is 0 Å². The fourth-order valence-electron chi connectivity index (χ4n) is 2.33. The summed E-state index contributed by atoms with van der Waals surface area (Å²) in [7, 11) is -0.794. The number of methoxy groups -OCH3 is 2. The van der Waals surface area contributed by atoms with Gasteiger partial charge < -0.3 is 9.47 Å². The van der Waals surface area contributed by atoms with Crippen molar-refractivity contribution in [3.8, 4) is 11.5 Å². The number of nitrogens with zero attached hydrogens (tertiary/aromatic N) is 2. The molecule has 2 rings (SSSR count). The Morgan fingerprint density at radius 1 is 1.17 bits per heavy atom. The average Bonchev–Trinajstić information content (AvgIpc) is 2.81. The molecule has 0 radical (unpaired) electrons. The van der Waals surface area contributed by atoms with E-state index in [1.165, 1.54) is 26.4 Å². The van der Waals surface area contributed by atoms with Gasteiger partial charge in [0.2, 0.25) is 0 Å². The zero-order valence-corrected chi connectivity index (χ0v) is 14.7.